The van der Waals surface area contributed by atoms with Gasteiger partial charge in [0.05, 0.1) is 24.5 Å². The van der Waals surface area contributed by atoms with E-state index in [4.69, 9.17) is 5.73 Å². The first kappa shape index (κ1) is 19.9. The van der Waals surface area contributed by atoms with Crippen molar-refractivity contribution in [3.63, 3.8) is 0 Å². The highest BCUT2D eigenvalue weighted by molar-refractivity contribution is 5.97. The van der Waals surface area contributed by atoms with E-state index in [1.165, 1.54) is 6.92 Å². The molecule has 0 saturated carbocycles. The topological polar surface area (TPSA) is 147 Å². The first-order chi connectivity index (χ1) is 13.7. The number of aromatic hydroxyl groups is 1. The molecule has 2 heterocycles. The van der Waals surface area contributed by atoms with Crippen molar-refractivity contribution < 1.29 is 14.7 Å². The Hall–Kier alpha value is -3.82. The highest BCUT2D eigenvalue weighted by Gasteiger charge is 2.14. The fourth-order valence-electron chi connectivity index (χ4n) is 2.61. The van der Waals surface area contributed by atoms with E-state index in [2.05, 4.69) is 25.3 Å². The maximum Gasteiger partial charge on any atom is 0.251 e. The Kier molecular flexibility index (Phi) is 5.53. The van der Waals surface area contributed by atoms with Crippen molar-refractivity contribution in [1.29, 1.82) is 0 Å². The molecular formula is C19H21N7O3. The lowest BCUT2D eigenvalue weighted by Gasteiger charge is -2.19. The van der Waals surface area contributed by atoms with Crippen LogP contribution in [0, 0.1) is 0 Å². The molecule has 3 aromatic rings. The number of hydrogen-bond acceptors (Lipinski definition) is 9. The average Bonchev–Trinajstić information content (AvgIpc) is 2.68. The van der Waals surface area contributed by atoms with E-state index in [1.807, 2.05) is 11.9 Å². The number of carbonyl (C=O) groups excluding carboxylic acids is 2. The van der Waals surface area contributed by atoms with Gasteiger partial charge in [0, 0.05) is 18.3 Å². The van der Waals surface area contributed by atoms with Crippen LogP contribution >= 0.6 is 0 Å². The van der Waals surface area contributed by atoms with Crippen LogP contribution in [0.5, 0.6) is 5.88 Å². The van der Waals surface area contributed by atoms with Gasteiger partial charge in [-0.1, -0.05) is 0 Å². The molecule has 0 unspecified atom stereocenters. The maximum absolute atomic E-state index is 12.2. The van der Waals surface area contributed by atoms with Gasteiger partial charge < -0.3 is 21.1 Å². The zero-order valence-electron chi connectivity index (χ0n) is 16.2. The molecule has 0 aliphatic heterocycles. The van der Waals surface area contributed by atoms with Crippen LogP contribution in [-0.2, 0) is 11.3 Å². The zero-order valence-corrected chi connectivity index (χ0v) is 16.2. The number of nitrogens with zero attached hydrogens (tertiary/aromatic N) is 5. The van der Waals surface area contributed by atoms with Crippen LogP contribution in [0.3, 0.4) is 0 Å². The quantitative estimate of drug-likeness (QED) is 0.557. The van der Waals surface area contributed by atoms with Gasteiger partial charge in [-0.25, -0.2) is 9.97 Å². The van der Waals surface area contributed by atoms with E-state index in [0.29, 0.717) is 17.8 Å². The van der Waals surface area contributed by atoms with Gasteiger partial charge in [0.1, 0.15) is 0 Å². The number of benzene rings is 1. The Bertz CT molecular complexity index is 1070. The molecule has 0 spiro atoms. The SMILES string of the molecule is CC(=O)[C@H](C)NC(=O)c1ccc(N(C)Cc2cnc3nc(N)nc(O)c3n2)cc1. The Morgan fingerprint density at radius 3 is 2.55 bits per heavy atom. The number of nitrogens with two attached hydrogens (primary N) is 1. The third kappa shape index (κ3) is 4.54. The molecule has 1 aromatic carbocycles. The van der Waals surface area contributed by atoms with Crippen molar-refractivity contribution in [1.82, 2.24) is 25.3 Å². The second-order valence-electron chi connectivity index (χ2n) is 6.65. The molecule has 1 amide bonds. The number of fused-ring (bicyclic) bond motifs is 1. The van der Waals surface area contributed by atoms with Gasteiger partial charge in [0.25, 0.3) is 5.91 Å². The number of ketones is 1. The molecule has 2 aromatic heterocycles. The smallest absolute Gasteiger partial charge is 0.251 e. The summed E-state index contributed by atoms with van der Waals surface area (Å²) in [5.41, 5.74) is 7.79. The predicted molar refractivity (Wildman–Crippen MR) is 107 cm³/mol. The predicted octanol–water partition coefficient (Wildman–Crippen LogP) is 1.05. The van der Waals surface area contributed by atoms with E-state index in [9.17, 15) is 14.7 Å². The molecular weight excluding hydrogens is 374 g/mol. The molecule has 0 bridgehead atoms. The van der Waals surface area contributed by atoms with Gasteiger partial charge in [0.2, 0.25) is 11.8 Å². The van der Waals surface area contributed by atoms with E-state index in [1.54, 1.807) is 37.4 Å². The Morgan fingerprint density at radius 1 is 1.21 bits per heavy atom. The zero-order chi connectivity index (χ0) is 21.1. The van der Waals surface area contributed by atoms with Crippen molar-refractivity contribution in [2.75, 3.05) is 17.7 Å². The molecule has 0 aliphatic rings. The molecule has 10 nitrogen and oxygen atoms in total. The first-order valence-electron chi connectivity index (χ1n) is 8.85. The van der Waals surface area contributed by atoms with Crippen LogP contribution in [0.15, 0.2) is 30.5 Å². The van der Waals surface area contributed by atoms with Gasteiger partial charge in [-0.05, 0) is 38.1 Å². The summed E-state index contributed by atoms with van der Waals surface area (Å²) in [6.45, 7) is 3.48. The lowest BCUT2D eigenvalue weighted by Crippen LogP contribution is -2.37. The van der Waals surface area contributed by atoms with Crippen LogP contribution in [0.4, 0.5) is 11.6 Å². The number of Topliss-reactive ketones (excluding diaryl/α,β-unsaturated/α-hetero) is 1. The standard InChI is InChI=1S/C19H21N7O3/c1-10(11(2)27)22-17(28)12-4-6-14(7-5-12)26(3)9-13-8-21-16-15(23-13)18(29)25-19(20)24-16/h4-8,10H,9H2,1-3H3,(H,22,28)(H3,20,21,24,25,29)/t10-/m0/s1. The number of aromatic nitrogens is 4. The fourth-order valence-corrected chi connectivity index (χ4v) is 2.61. The van der Waals surface area contributed by atoms with Crippen LogP contribution in [0.25, 0.3) is 11.2 Å². The van der Waals surface area contributed by atoms with Gasteiger partial charge >= 0.3 is 0 Å². The molecule has 3 rings (SSSR count). The second kappa shape index (κ2) is 8.05. The molecule has 0 fully saturated rings. The Morgan fingerprint density at radius 2 is 1.90 bits per heavy atom. The fraction of sp³-hybridized carbons (Fsp3) is 0.263. The van der Waals surface area contributed by atoms with Crippen LogP contribution < -0.4 is 16.0 Å². The van der Waals surface area contributed by atoms with Crippen LogP contribution in [0.2, 0.25) is 0 Å². The number of anilines is 2. The molecule has 0 radical (unpaired) electrons. The molecule has 4 N–H and O–H groups in total. The summed E-state index contributed by atoms with van der Waals surface area (Å²) >= 11 is 0. The first-order valence-corrected chi connectivity index (χ1v) is 8.85. The summed E-state index contributed by atoms with van der Waals surface area (Å²) in [6.07, 6.45) is 1.55. The van der Waals surface area contributed by atoms with Crippen molar-refractivity contribution in [2.45, 2.75) is 26.4 Å². The largest absolute Gasteiger partial charge is 0.492 e. The molecule has 29 heavy (non-hydrogen) atoms. The van der Waals surface area contributed by atoms with E-state index in [-0.39, 0.29) is 34.7 Å². The normalized spacial score (nSPS) is 11.8. The minimum atomic E-state index is -0.535. The Labute approximate surface area is 166 Å². The van der Waals surface area contributed by atoms with E-state index < -0.39 is 6.04 Å². The lowest BCUT2D eigenvalue weighted by atomic mass is 10.1. The van der Waals surface area contributed by atoms with Gasteiger partial charge in [-0.2, -0.15) is 9.97 Å². The summed E-state index contributed by atoms with van der Waals surface area (Å²) in [4.78, 5) is 41.5. The number of hydrogen-bond donors (Lipinski definition) is 3. The average molecular weight is 395 g/mol. The highest BCUT2D eigenvalue weighted by atomic mass is 16.3. The monoisotopic (exact) mass is 395 g/mol. The summed E-state index contributed by atoms with van der Waals surface area (Å²) < 4.78 is 0. The summed E-state index contributed by atoms with van der Waals surface area (Å²) in [5.74, 6) is -0.807. The molecule has 150 valence electrons. The molecule has 0 aliphatic carbocycles. The van der Waals surface area contributed by atoms with Crippen molar-refractivity contribution in [2.24, 2.45) is 0 Å². The second-order valence-corrected chi connectivity index (χ2v) is 6.65. The molecule has 0 saturated heterocycles. The molecule has 10 heteroatoms. The Balaban J connectivity index is 1.72. The number of nitrogens with one attached hydrogen (secondary N) is 1. The third-order valence-corrected chi connectivity index (χ3v) is 4.38. The van der Waals surface area contributed by atoms with Gasteiger partial charge in [0.15, 0.2) is 16.9 Å². The van der Waals surface area contributed by atoms with E-state index in [0.717, 1.165) is 5.69 Å². The van der Waals surface area contributed by atoms with Gasteiger partial charge in [-0.15, -0.1) is 0 Å². The van der Waals surface area contributed by atoms with E-state index >= 15 is 0 Å². The number of nitrogen functional groups attached to an aromatic ring is 1. The summed E-state index contributed by atoms with van der Waals surface area (Å²) in [6, 6.07) is 6.42. The maximum atomic E-state index is 12.2. The van der Waals surface area contributed by atoms with Crippen molar-refractivity contribution >= 4 is 34.5 Å². The van der Waals surface area contributed by atoms with Crippen LogP contribution in [0.1, 0.15) is 29.9 Å². The van der Waals surface area contributed by atoms with Gasteiger partial charge in [-0.3, -0.25) is 9.59 Å². The number of carbonyl (C=O) groups is 2. The lowest BCUT2D eigenvalue weighted by molar-refractivity contribution is -0.118. The number of rotatable bonds is 6. The third-order valence-electron chi connectivity index (χ3n) is 4.38. The van der Waals surface area contributed by atoms with Crippen LogP contribution in [-0.4, -0.2) is 49.8 Å². The van der Waals surface area contributed by atoms with Crippen molar-refractivity contribution in [3.05, 3.63) is 41.7 Å². The minimum absolute atomic E-state index is 0.0732. The highest BCUT2D eigenvalue weighted by Crippen LogP contribution is 2.20. The summed E-state index contributed by atoms with van der Waals surface area (Å²) in [5, 5.41) is 12.5. The minimum Gasteiger partial charge on any atom is -0.492 e. The number of amides is 1. The molecule has 1 atom stereocenters. The summed E-state index contributed by atoms with van der Waals surface area (Å²) in [7, 11) is 1.86. The van der Waals surface area contributed by atoms with Crippen molar-refractivity contribution in [3.8, 4) is 5.88 Å².